The number of nitrogens with two attached hydrogens (primary N) is 1. The first-order valence-electron chi connectivity index (χ1n) is 5.64. The summed E-state index contributed by atoms with van der Waals surface area (Å²) in [5, 5.41) is 2.13. The van der Waals surface area contributed by atoms with Crippen LogP contribution >= 0.6 is 27.3 Å². The fourth-order valence-corrected chi connectivity index (χ4v) is 3.26. The Morgan fingerprint density at radius 3 is 2.62 bits per heavy atom. The van der Waals surface area contributed by atoms with Crippen molar-refractivity contribution in [1.29, 1.82) is 0 Å². The van der Waals surface area contributed by atoms with E-state index < -0.39 is 0 Å². The fraction of sp³-hybridized carbons (Fsp3) is 0.667. The lowest BCUT2D eigenvalue weighted by molar-refractivity contribution is 0.236. The highest BCUT2D eigenvalue weighted by Gasteiger charge is 2.14. The van der Waals surface area contributed by atoms with Crippen molar-refractivity contribution < 1.29 is 0 Å². The Kier molecular flexibility index (Phi) is 5.97. The van der Waals surface area contributed by atoms with E-state index in [4.69, 9.17) is 5.73 Å². The van der Waals surface area contributed by atoms with Crippen molar-refractivity contribution in [3.05, 3.63) is 20.8 Å². The number of thiophene rings is 1. The topological polar surface area (TPSA) is 29.3 Å². The standard InChI is InChI=1S/C12H21BrN2S/c1-9(2)10(5-14)6-15(3)7-12-4-11(13)8-16-12/h4,8-10H,5-7,14H2,1-3H3. The van der Waals surface area contributed by atoms with Crippen molar-refractivity contribution in [3.8, 4) is 0 Å². The molecule has 1 rings (SSSR count). The molecule has 0 saturated heterocycles. The summed E-state index contributed by atoms with van der Waals surface area (Å²) in [5.74, 6) is 1.25. The van der Waals surface area contributed by atoms with E-state index in [0.717, 1.165) is 19.6 Å². The van der Waals surface area contributed by atoms with Crippen LogP contribution in [0, 0.1) is 11.8 Å². The Bertz CT molecular complexity index is 312. The fourth-order valence-electron chi connectivity index (χ4n) is 1.73. The number of halogens is 1. The van der Waals surface area contributed by atoms with Gasteiger partial charge in [0.15, 0.2) is 0 Å². The van der Waals surface area contributed by atoms with Gasteiger partial charge in [-0.1, -0.05) is 13.8 Å². The maximum atomic E-state index is 5.79. The van der Waals surface area contributed by atoms with E-state index in [2.05, 4.69) is 53.2 Å². The summed E-state index contributed by atoms with van der Waals surface area (Å²) < 4.78 is 1.18. The van der Waals surface area contributed by atoms with E-state index in [-0.39, 0.29) is 0 Å². The van der Waals surface area contributed by atoms with Crippen LogP contribution in [0.1, 0.15) is 18.7 Å². The molecule has 1 atom stereocenters. The van der Waals surface area contributed by atoms with Gasteiger partial charge in [0, 0.05) is 27.8 Å². The molecule has 1 heterocycles. The summed E-state index contributed by atoms with van der Waals surface area (Å²) in [5.41, 5.74) is 5.79. The molecular formula is C12H21BrN2S. The lowest BCUT2D eigenvalue weighted by Gasteiger charge is -2.25. The van der Waals surface area contributed by atoms with E-state index >= 15 is 0 Å². The van der Waals surface area contributed by atoms with Crippen LogP contribution in [-0.2, 0) is 6.54 Å². The molecule has 4 heteroatoms. The van der Waals surface area contributed by atoms with E-state index in [9.17, 15) is 0 Å². The van der Waals surface area contributed by atoms with Crippen molar-refractivity contribution in [1.82, 2.24) is 4.90 Å². The van der Waals surface area contributed by atoms with Gasteiger partial charge in [-0.05, 0) is 47.4 Å². The van der Waals surface area contributed by atoms with Crippen LogP contribution in [0.2, 0.25) is 0 Å². The average Bonchev–Trinajstić information content (AvgIpc) is 2.60. The molecule has 2 nitrogen and oxygen atoms in total. The third kappa shape index (κ3) is 4.53. The number of hydrogen-bond donors (Lipinski definition) is 1. The van der Waals surface area contributed by atoms with Gasteiger partial charge in [0.25, 0.3) is 0 Å². The second-order valence-corrected chi connectivity index (χ2v) is 6.58. The first-order valence-corrected chi connectivity index (χ1v) is 7.31. The highest BCUT2D eigenvalue weighted by atomic mass is 79.9. The van der Waals surface area contributed by atoms with Crippen molar-refractivity contribution in [2.24, 2.45) is 17.6 Å². The molecule has 2 N–H and O–H groups in total. The Morgan fingerprint density at radius 2 is 2.19 bits per heavy atom. The largest absolute Gasteiger partial charge is 0.330 e. The molecule has 1 aromatic heterocycles. The molecule has 0 saturated carbocycles. The van der Waals surface area contributed by atoms with Gasteiger partial charge in [0.05, 0.1) is 0 Å². The molecule has 0 aliphatic rings. The predicted molar refractivity (Wildman–Crippen MR) is 75.7 cm³/mol. The summed E-state index contributed by atoms with van der Waals surface area (Å²) in [6.07, 6.45) is 0. The predicted octanol–water partition coefficient (Wildman–Crippen LogP) is 3.17. The van der Waals surface area contributed by atoms with Gasteiger partial charge in [0.2, 0.25) is 0 Å². The van der Waals surface area contributed by atoms with Gasteiger partial charge in [-0.15, -0.1) is 11.3 Å². The summed E-state index contributed by atoms with van der Waals surface area (Å²) in [7, 11) is 2.17. The molecule has 0 spiro atoms. The van der Waals surface area contributed by atoms with Crippen LogP contribution in [0.4, 0.5) is 0 Å². The van der Waals surface area contributed by atoms with Crippen LogP contribution in [0.25, 0.3) is 0 Å². The van der Waals surface area contributed by atoms with Gasteiger partial charge in [0.1, 0.15) is 0 Å². The zero-order chi connectivity index (χ0) is 12.1. The lowest BCUT2D eigenvalue weighted by Crippen LogP contribution is -2.32. The van der Waals surface area contributed by atoms with Gasteiger partial charge in [-0.25, -0.2) is 0 Å². The van der Waals surface area contributed by atoms with E-state index in [1.165, 1.54) is 9.35 Å². The second kappa shape index (κ2) is 6.74. The monoisotopic (exact) mass is 304 g/mol. The minimum Gasteiger partial charge on any atom is -0.330 e. The van der Waals surface area contributed by atoms with Crippen molar-refractivity contribution in [2.75, 3.05) is 20.1 Å². The molecule has 0 bridgehead atoms. The molecule has 0 radical (unpaired) electrons. The molecule has 0 aromatic carbocycles. The molecule has 0 amide bonds. The van der Waals surface area contributed by atoms with Crippen LogP contribution in [0.15, 0.2) is 15.9 Å². The third-order valence-corrected chi connectivity index (χ3v) is 4.52. The summed E-state index contributed by atoms with van der Waals surface area (Å²) >= 11 is 5.28. The minimum atomic E-state index is 0.591. The maximum Gasteiger partial charge on any atom is 0.0325 e. The summed E-state index contributed by atoms with van der Waals surface area (Å²) in [6.45, 7) is 7.35. The number of rotatable bonds is 6. The van der Waals surface area contributed by atoms with E-state index in [1.54, 1.807) is 11.3 Å². The molecule has 0 fully saturated rings. The molecular weight excluding hydrogens is 284 g/mol. The number of nitrogens with zero attached hydrogens (tertiary/aromatic N) is 1. The molecule has 1 unspecified atom stereocenters. The van der Waals surface area contributed by atoms with Crippen LogP contribution in [0.5, 0.6) is 0 Å². The smallest absolute Gasteiger partial charge is 0.0325 e. The maximum absolute atomic E-state index is 5.79. The zero-order valence-corrected chi connectivity index (χ0v) is 12.6. The Morgan fingerprint density at radius 1 is 1.50 bits per heavy atom. The first-order chi connectivity index (χ1) is 7.52. The highest BCUT2D eigenvalue weighted by molar-refractivity contribution is 9.10. The lowest BCUT2D eigenvalue weighted by atomic mass is 9.95. The van der Waals surface area contributed by atoms with Crippen LogP contribution < -0.4 is 5.73 Å². The zero-order valence-electron chi connectivity index (χ0n) is 10.2. The molecule has 1 aromatic rings. The normalized spacial score (nSPS) is 13.7. The number of hydrogen-bond acceptors (Lipinski definition) is 3. The second-order valence-electron chi connectivity index (χ2n) is 4.67. The first kappa shape index (κ1) is 14.2. The SMILES string of the molecule is CC(C)C(CN)CN(C)Cc1cc(Br)cs1. The van der Waals surface area contributed by atoms with Crippen molar-refractivity contribution >= 4 is 27.3 Å². The molecule has 0 aliphatic heterocycles. The van der Waals surface area contributed by atoms with Gasteiger partial charge < -0.3 is 10.6 Å². The van der Waals surface area contributed by atoms with E-state index in [0.29, 0.717) is 11.8 Å². The van der Waals surface area contributed by atoms with Crippen molar-refractivity contribution in [2.45, 2.75) is 20.4 Å². The quantitative estimate of drug-likeness (QED) is 0.874. The molecule has 92 valence electrons. The minimum absolute atomic E-state index is 0.591. The Balaban J connectivity index is 2.43. The van der Waals surface area contributed by atoms with Crippen LogP contribution in [0.3, 0.4) is 0 Å². The van der Waals surface area contributed by atoms with E-state index in [1.807, 2.05) is 0 Å². The molecule has 0 aliphatic carbocycles. The molecule has 16 heavy (non-hydrogen) atoms. The van der Waals surface area contributed by atoms with Crippen LogP contribution in [-0.4, -0.2) is 25.0 Å². The van der Waals surface area contributed by atoms with Gasteiger partial charge in [-0.2, -0.15) is 0 Å². The average molecular weight is 305 g/mol. The third-order valence-electron chi connectivity index (χ3n) is 2.84. The summed E-state index contributed by atoms with van der Waals surface area (Å²) in [6, 6.07) is 2.19. The highest BCUT2D eigenvalue weighted by Crippen LogP contribution is 2.21. The van der Waals surface area contributed by atoms with Gasteiger partial charge >= 0.3 is 0 Å². The Hall–Kier alpha value is 0.1000. The van der Waals surface area contributed by atoms with Crippen molar-refractivity contribution in [3.63, 3.8) is 0 Å². The summed E-state index contributed by atoms with van der Waals surface area (Å²) in [4.78, 5) is 3.75. The van der Waals surface area contributed by atoms with Gasteiger partial charge in [-0.3, -0.25) is 0 Å². The Labute approximate surface area is 111 Å².